The first-order chi connectivity index (χ1) is 10.1. The molecule has 0 saturated carbocycles. The Morgan fingerprint density at radius 2 is 2.36 bits per heavy atom. The lowest BCUT2D eigenvalue weighted by molar-refractivity contribution is -0.123. The third-order valence-electron chi connectivity index (χ3n) is 3.53. The SMILES string of the molecule is CSCCC(N)C(=O)NC1CCCOc2cc(F)ccc21.Cl. The summed E-state index contributed by atoms with van der Waals surface area (Å²) in [6.07, 6.45) is 4.20. The standard InChI is InChI=1S/C15H21FN2O2S.ClH/c1-21-8-6-12(17)15(19)18-13-3-2-7-20-14-9-10(16)4-5-11(13)14;/h4-5,9,12-13H,2-3,6-8,17H2,1H3,(H,18,19);1H. The van der Waals surface area contributed by atoms with Gasteiger partial charge in [-0.3, -0.25) is 4.79 Å². The van der Waals surface area contributed by atoms with Crippen LogP contribution in [0.2, 0.25) is 0 Å². The van der Waals surface area contributed by atoms with Gasteiger partial charge >= 0.3 is 0 Å². The fourth-order valence-corrected chi connectivity index (χ4v) is 2.84. The van der Waals surface area contributed by atoms with Gasteiger partial charge in [-0.1, -0.05) is 6.07 Å². The number of carbonyl (C=O) groups excluding carboxylic acids is 1. The van der Waals surface area contributed by atoms with Gasteiger partial charge < -0.3 is 15.8 Å². The van der Waals surface area contributed by atoms with Crippen molar-refractivity contribution in [2.75, 3.05) is 18.6 Å². The zero-order chi connectivity index (χ0) is 15.2. The van der Waals surface area contributed by atoms with E-state index in [0.717, 1.165) is 24.2 Å². The number of thioether (sulfide) groups is 1. The van der Waals surface area contributed by atoms with Gasteiger partial charge in [0.05, 0.1) is 18.7 Å². The van der Waals surface area contributed by atoms with Crippen LogP contribution in [0.15, 0.2) is 18.2 Å². The summed E-state index contributed by atoms with van der Waals surface area (Å²) in [6, 6.07) is 3.75. The molecule has 22 heavy (non-hydrogen) atoms. The summed E-state index contributed by atoms with van der Waals surface area (Å²) in [4.78, 5) is 12.1. The minimum Gasteiger partial charge on any atom is -0.493 e. The molecule has 0 spiro atoms. The quantitative estimate of drug-likeness (QED) is 0.858. The first kappa shape index (κ1) is 19.1. The van der Waals surface area contributed by atoms with E-state index in [4.69, 9.17) is 10.5 Å². The summed E-state index contributed by atoms with van der Waals surface area (Å²) >= 11 is 1.67. The number of nitrogens with two attached hydrogens (primary N) is 1. The third-order valence-corrected chi connectivity index (χ3v) is 4.18. The van der Waals surface area contributed by atoms with Crippen LogP contribution in [0.4, 0.5) is 4.39 Å². The van der Waals surface area contributed by atoms with Gasteiger partial charge in [0.15, 0.2) is 0 Å². The zero-order valence-electron chi connectivity index (χ0n) is 12.5. The Bertz CT molecular complexity index is 504. The number of ether oxygens (including phenoxy) is 1. The van der Waals surface area contributed by atoms with E-state index in [1.54, 1.807) is 17.8 Å². The molecule has 1 aliphatic heterocycles. The first-order valence-electron chi connectivity index (χ1n) is 7.09. The molecule has 124 valence electrons. The number of hydrogen-bond acceptors (Lipinski definition) is 4. The van der Waals surface area contributed by atoms with Crippen LogP contribution in [0, 0.1) is 5.82 Å². The summed E-state index contributed by atoms with van der Waals surface area (Å²) < 4.78 is 18.8. The van der Waals surface area contributed by atoms with Crippen molar-refractivity contribution in [3.63, 3.8) is 0 Å². The van der Waals surface area contributed by atoms with Crippen molar-refractivity contribution in [2.24, 2.45) is 5.73 Å². The van der Waals surface area contributed by atoms with Crippen molar-refractivity contribution >= 4 is 30.1 Å². The molecule has 1 aromatic rings. The highest BCUT2D eigenvalue weighted by Gasteiger charge is 2.24. The van der Waals surface area contributed by atoms with Crippen molar-refractivity contribution in [3.8, 4) is 5.75 Å². The summed E-state index contributed by atoms with van der Waals surface area (Å²) in [6.45, 7) is 0.529. The summed E-state index contributed by atoms with van der Waals surface area (Å²) in [5.74, 6) is 0.864. The topological polar surface area (TPSA) is 64.4 Å². The van der Waals surface area contributed by atoms with Crippen LogP contribution >= 0.6 is 24.2 Å². The monoisotopic (exact) mass is 348 g/mol. The van der Waals surface area contributed by atoms with Gasteiger partial charge in [0, 0.05) is 11.6 Å². The maximum absolute atomic E-state index is 13.3. The molecule has 0 radical (unpaired) electrons. The summed E-state index contributed by atoms with van der Waals surface area (Å²) in [5, 5.41) is 2.97. The molecule has 0 saturated heterocycles. The number of fused-ring (bicyclic) bond motifs is 1. The highest BCUT2D eigenvalue weighted by molar-refractivity contribution is 7.98. The lowest BCUT2D eigenvalue weighted by Gasteiger charge is -2.20. The van der Waals surface area contributed by atoms with Gasteiger partial charge in [0.25, 0.3) is 0 Å². The van der Waals surface area contributed by atoms with Crippen molar-refractivity contribution in [3.05, 3.63) is 29.6 Å². The fraction of sp³-hybridized carbons (Fsp3) is 0.533. The molecule has 1 aromatic carbocycles. The van der Waals surface area contributed by atoms with Gasteiger partial charge in [-0.25, -0.2) is 4.39 Å². The maximum atomic E-state index is 13.3. The molecular formula is C15H22ClFN2O2S. The average Bonchev–Trinajstić information content (AvgIpc) is 2.66. The Kier molecular flexibility index (Phi) is 8.00. The van der Waals surface area contributed by atoms with E-state index < -0.39 is 6.04 Å². The van der Waals surface area contributed by atoms with Crippen LogP contribution < -0.4 is 15.8 Å². The van der Waals surface area contributed by atoms with E-state index in [0.29, 0.717) is 18.8 Å². The van der Waals surface area contributed by atoms with E-state index in [9.17, 15) is 9.18 Å². The second kappa shape index (κ2) is 9.22. The van der Waals surface area contributed by atoms with Crippen molar-refractivity contribution in [1.29, 1.82) is 0 Å². The van der Waals surface area contributed by atoms with Crippen LogP contribution in [0.5, 0.6) is 5.75 Å². The second-order valence-electron chi connectivity index (χ2n) is 5.12. The van der Waals surface area contributed by atoms with Gasteiger partial charge in [0.2, 0.25) is 5.91 Å². The number of amides is 1. The molecule has 7 heteroatoms. The predicted molar refractivity (Wildman–Crippen MR) is 90.2 cm³/mol. The number of nitrogens with one attached hydrogen (secondary N) is 1. The lowest BCUT2D eigenvalue weighted by atomic mass is 10.0. The Morgan fingerprint density at radius 3 is 3.09 bits per heavy atom. The maximum Gasteiger partial charge on any atom is 0.237 e. The third kappa shape index (κ3) is 5.04. The van der Waals surface area contributed by atoms with Crippen molar-refractivity contribution in [1.82, 2.24) is 5.32 Å². The smallest absolute Gasteiger partial charge is 0.237 e. The van der Waals surface area contributed by atoms with Crippen molar-refractivity contribution in [2.45, 2.75) is 31.3 Å². The zero-order valence-corrected chi connectivity index (χ0v) is 14.1. The molecule has 0 fully saturated rings. The first-order valence-corrected chi connectivity index (χ1v) is 8.48. The van der Waals surface area contributed by atoms with E-state index in [1.807, 2.05) is 6.26 Å². The molecule has 4 nitrogen and oxygen atoms in total. The number of rotatable bonds is 5. The molecule has 0 aromatic heterocycles. The molecule has 3 N–H and O–H groups in total. The molecule has 1 aliphatic rings. The minimum atomic E-state index is -0.509. The van der Waals surface area contributed by atoms with Crippen LogP contribution in [-0.4, -0.2) is 30.6 Å². The molecular weight excluding hydrogens is 327 g/mol. The Labute approximate surface area is 140 Å². The van der Waals surface area contributed by atoms with Crippen LogP contribution in [0.25, 0.3) is 0 Å². The Hall–Kier alpha value is -0.980. The van der Waals surface area contributed by atoms with E-state index in [2.05, 4.69) is 5.32 Å². The lowest BCUT2D eigenvalue weighted by Crippen LogP contribution is -2.42. The predicted octanol–water partition coefficient (Wildman–Crippen LogP) is 2.66. The van der Waals surface area contributed by atoms with Gasteiger partial charge in [-0.2, -0.15) is 11.8 Å². The summed E-state index contributed by atoms with van der Waals surface area (Å²) in [7, 11) is 0. The highest BCUT2D eigenvalue weighted by atomic mass is 35.5. The second-order valence-corrected chi connectivity index (χ2v) is 6.11. The van der Waals surface area contributed by atoms with Crippen molar-refractivity contribution < 1.29 is 13.9 Å². The minimum absolute atomic E-state index is 0. The number of carbonyl (C=O) groups is 1. The Balaban J connectivity index is 0.00000242. The van der Waals surface area contributed by atoms with Crippen LogP contribution in [0.1, 0.15) is 30.9 Å². The highest BCUT2D eigenvalue weighted by Crippen LogP contribution is 2.32. The number of hydrogen-bond donors (Lipinski definition) is 2. The number of benzene rings is 1. The summed E-state index contributed by atoms with van der Waals surface area (Å²) in [5.41, 5.74) is 6.71. The molecule has 2 atom stereocenters. The number of halogens is 2. The average molecular weight is 349 g/mol. The van der Waals surface area contributed by atoms with Gasteiger partial charge in [-0.05, 0) is 37.3 Å². The Morgan fingerprint density at radius 1 is 1.59 bits per heavy atom. The molecule has 1 amide bonds. The molecule has 2 rings (SSSR count). The van der Waals surface area contributed by atoms with Gasteiger partial charge in [-0.15, -0.1) is 12.4 Å². The van der Waals surface area contributed by atoms with Crippen LogP contribution in [0.3, 0.4) is 0 Å². The normalized spacial score (nSPS) is 18.2. The molecule has 2 unspecified atom stereocenters. The van der Waals surface area contributed by atoms with Crippen LogP contribution in [-0.2, 0) is 4.79 Å². The fourth-order valence-electron chi connectivity index (χ4n) is 2.35. The largest absolute Gasteiger partial charge is 0.493 e. The van der Waals surface area contributed by atoms with E-state index in [1.165, 1.54) is 12.1 Å². The molecule has 0 aliphatic carbocycles. The van der Waals surface area contributed by atoms with Gasteiger partial charge in [0.1, 0.15) is 11.6 Å². The molecule has 0 bridgehead atoms. The molecule has 1 heterocycles. The van der Waals surface area contributed by atoms with E-state index >= 15 is 0 Å². The van der Waals surface area contributed by atoms with E-state index in [-0.39, 0.29) is 30.2 Å².